The molecule has 0 spiro atoms. The van der Waals surface area contributed by atoms with E-state index in [0.717, 1.165) is 53.9 Å². The lowest BCUT2D eigenvalue weighted by Crippen LogP contribution is -2.28. The summed E-state index contributed by atoms with van der Waals surface area (Å²) in [6.07, 6.45) is 3.82. The Morgan fingerprint density at radius 1 is 0.903 bits per heavy atom. The normalized spacial score (nSPS) is 13.3. The fourth-order valence-electron chi connectivity index (χ4n) is 3.79. The van der Waals surface area contributed by atoms with Gasteiger partial charge in [-0.25, -0.2) is 0 Å². The Morgan fingerprint density at radius 3 is 2.29 bits per heavy atom. The second-order valence-corrected chi connectivity index (χ2v) is 8.15. The van der Waals surface area contributed by atoms with Crippen molar-refractivity contribution in [3.05, 3.63) is 88.7 Å². The Bertz CT molecular complexity index is 1080. The topological polar surface area (TPSA) is 62.3 Å². The molecular formula is C26H27N3O2. The standard InChI is InChI=1S/C26H27N3O2/c1-18-5-9-21(10-6-18)22-13-23(15-24(14-22)26(31)29-11-3-4-12-29)25(30)28-17-20-8-7-19(2)27-16-20/h5-10,13-16H,3-4,11-12,17H2,1-2H3,(H,28,30). The van der Waals surface area contributed by atoms with E-state index >= 15 is 0 Å². The first-order valence-electron chi connectivity index (χ1n) is 10.7. The molecule has 3 aromatic rings. The van der Waals surface area contributed by atoms with E-state index in [9.17, 15) is 9.59 Å². The summed E-state index contributed by atoms with van der Waals surface area (Å²) in [4.78, 5) is 32.2. The van der Waals surface area contributed by atoms with Gasteiger partial charge in [-0.2, -0.15) is 0 Å². The highest BCUT2D eigenvalue weighted by Gasteiger charge is 2.21. The third-order valence-corrected chi connectivity index (χ3v) is 5.65. The van der Waals surface area contributed by atoms with Crippen LogP contribution < -0.4 is 5.32 Å². The highest BCUT2D eigenvalue weighted by atomic mass is 16.2. The van der Waals surface area contributed by atoms with Crippen molar-refractivity contribution in [3.8, 4) is 11.1 Å². The molecule has 31 heavy (non-hydrogen) atoms. The minimum Gasteiger partial charge on any atom is -0.348 e. The molecule has 158 valence electrons. The average molecular weight is 414 g/mol. The van der Waals surface area contributed by atoms with E-state index in [2.05, 4.69) is 10.3 Å². The molecule has 0 aliphatic carbocycles. The summed E-state index contributed by atoms with van der Waals surface area (Å²) in [5, 5.41) is 2.95. The van der Waals surface area contributed by atoms with Crippen molar-refractivity contribution < 1.29 is 9.59 Å². The van der Waals surface area contributed by atoms with Crippen molar-refractivity contribution in [2.24, 2.45) is 0 Å². The van der Waals surface area contributed by atoms with Crippen molar-refractivity contribution in [2.45, 2.75) is 33.2 Å². The molecule has 5 heteroatoms. The van der Waals surface area contributed by atoms with Gasteiger partial charge in [-0.05, 0) is 67.6 Å². The Hall–Kier alpha value is -3.47. The summed E-state index contributed by atoms with van der Waals surface area (Å²) in [5.41, 5.74) is 5.93. The minimum atomic E-state index is -0.204. The smallest absolute Gasteiger partial charge is 0.253 e. The predicted molar refractivity (Wildman–Crippen MR) is 122 cm³/mol. The number of amides is 2. The van der Waals surface area contributed by atoms with Gasteiger partial charge in [0.25, 0.3) is 11.8 Å². The molecule has 2 heterocycles. The van der Waals surface area contributed by atoms with Gasteiger partial charge in [-0.3, -0.25) is 14.6 Å². The van der Waals surface area contributed by atoms with Crippen LogP contribution in [0.3, 0.4) is 0 Å². The largest absolute Gasteiger partial charge is 0.348 e. The van der Waals surface area contributed by atoms with Crippen LogP contribution >= 0.6 is 0 Å². The number of benzene rings is 2. The van der Waals surface area contributed by atoms with Gasteiger partial charge in [0.05, 0.1) is 0 Å². The van der Waals surface area contributed by atoms with Gasteiger partial charge in [-0.15, -0.1) is 0 Å². The van der Waals surface area contributed by atoms with Crippen LogP contribution in [0.1, 0.15) is 50.4 Å². The van der Waals surface area contributed by atoms with Crippen molar-refractivity contribution >= 4 is 11.8 Å². The van der Waals surface area contributed by atoms with Crippen molar-refractivity contribution in [3.63, 3.8) is 0 Å². The van der Waals surface area contributed by atoms with E-state index in [0.29, 0.717) is 17.7 Å². The molecule has 0 radical (unpaired) electrons. The van der Waals surface area contributed by atoms with Crippen LogP contribution in [0.15, 0.2) is 60.8 Å². The number of aryl methyl sites for hydroxylation is 2. The van der Waals surface area contributed by atoms with E-state index in [4.69, 9.17) is 0 Å². The maximum Gasteiger partial charge on any atom is 0.253 e. The molecule has 4 rings (SSSR count). The highest BCUT2D eigenvalue weighted by Crippen LogP contribution is 2.25. The SMILES string of the molecule is Cc1ccc(-c2cc(C(=O)NCc3ccc(C)nc3)cc(C(=O)N3CCCC3)c2)cc1. The monoisotopic (exact) mass is 413 g/mol. The molecule has 1 saturated heterocycles. The van der Waals surface area contributed by atoms with E-state index < -0.39 is 0 Å². The van der Waals surface area contributed by atoms with Gasteiger partial charge >= 0.3 is 0 Å². The summed E-state index contributed by atoms with van der Waals surface area (Å²) in [7, 11) is 0. The van der Waals surface area contributed by atoms with Crippen LogP contribution in [-0.2, 0) is 6.54 Å². The third-order valence-electron chi connectivity index (χ3n) is 5.65. The lowest BCUT2D eigenvalue weighted by Gasteiger charge is -2.17. The summed E-state index contributed by atoms with van der Waals surface area (Å²) >= 11 is 0. The molecule has 0 bridgehead atoms. The number of aromatic nitrogens is 1. The van der Waals surface area contributed by atoms with E-state index in [-0.39, 0.29) is 11.8 Å². The molecule has 0 atom stereocenters. The van der Waals surface area contributed by atoms with Gasteiger partial charge in [0.2, 0.25) is 0 Å². The maximum absolute atomic E-state index is 13.1. The lowest BCUT2D eigenvalue weighted by atomic mass is 9.98. The molecule has 1 N–H and O–H groups in total. The number of pyridine rings is 1. The molecule has 1 aromatic heterocycles. The second-order valence-electron chi connectivity index (χ2n) is 8.15. The summed E-state index contributed by atoms with van der Waals surface area (Å²) < 4.78 is 0. The number of carbonyl (C=O) groups excluding carboxylic acids is 2. The Morgan fingerprint density at radius 2 is 1.61 bits per heavy atom. The van der Waals surface area contributed by atoms with Crippen LogP contribution in [0.4, 0.5) is 0 Å². The van der Waals surface area contributed by atoms with E-state index in [1.807, 2.05) is 67.3 Å². The van der Waals surface area contributed by atoms with Crippen molar-refractivity contribution in [2.75, 3.05) is 13.1 Å². The number of carbonyl (C=O) groups is 2. The first kappa shape index (κ1) is 20.8. The van der Waals surface area contributed by atoms with Crippen LogP contribution in [-0.4, -0.2) is 34.8 Å². The summed E-state index contributed by atoms with van der Waals surface area (Å²) in [6.45, 7) is 5.90. The second kappa shape index (κ2) is 9.13. The molecule has 1 aliphatic rings. The zero-order valence-electron chi connectivity index (χ0n) is 18.0. The van der Waals surface area contributed by atoms with Crippen LogP contribution in [0, 0.1) is 13.8 Å². The molecule has 5 nitrogen and oxygen atoms in total. The first-order chi connectivity index (χ1) is 15.0. The van der Waals surface area contributed by atoms with Gasteiger partial charge in [0.1, 0.15) is 0 Å². The molecule has 2 aromatic carbocycles. The molecule has 0 unspecified atom stereocenters. The number of hydrogen-bond donors (Lipinski definition) is 1. The number of likely N-dealkylation sites (tertiary alicyclic amines) is 1. The van der Waals surface area contributed by atoms with Crippen molar-refractivity contribution in [1.82, 2.24) is 15.2 Å². The Balaban J connectivity index is 1.63. The number of nitrogens with zero attached hydrogens (tertiary/aromatic N) is 2. The van der Waals surface area contributed by atoms with Gasteiger partial charge in [-0.1, -0.05) is 35.9 Å². The van der Waals surface area contributed by atoms with Gasteiger partial charge in [0.15, 0.2) is 0 Å². The van der Waals surface area contributed by atoms with Crippen LogP contribution in [0.2, 0.25) is 0 Å². The van der Waals surface area contributed by atoms with Gasteiger partial charge in [0, 0.05) is 42.7 Å². The Kier molecular flexibility index (Phi) is 6.12. The fraction of sp³-hybridized carbons (Fsp3) is 0.269. The zero-order chi connectivity index (χ0) is 21.8. The first-order valence-corrected chi connectivity index (χ1v) is 10.7. The quantitative estimate of drug-likeness (QED) is 0.668. The summed E-state index contributed by atoms with van der Waals surface area (Å²) in [6, 6.07) is 17.5. The molecule has 0 saturated carbocycles. The number of nitrogens with one attached hydrogen (secondary N) is 1. The minimum absolute atomic E-state index is 0.0109. The lowest BCUT2D eigenvalue weighted by molar-refractivity contribution is 0.0793. The number of rotatable bonds is 5. The predicted octanol–water partition coefficient (Wildman–Crippen LogP) is 4.53. The Labute approximate surface area is 183 Å². The molecule has 2 amide bonds. The van der Waals surface area contributed by atoms with E-state index in [1.54, 1.807) is 12.3 Å². The number of hydrogen-bond acceptors (Lipinski definition) is 3. The fourth-order valence-corrected chi connectivity index (χ4v) is 3.79. The molecule has 1 aliphatic heterocycles. The summed E-state index contributed by atoms with van der Waals surface area (Å²) in [5.74, 6) is -0.215. The van der Waals surface area contributed by atoms with Crippen LogP contribution in [0.5, 0.6) is 0 Å². The van der Waals surface area contributed by atoms with E-state index in [1.165, 1.54) is 0 Å². The zero-order valence-corrected chi connectivity index (χ0v) is 18.0. The third kappa shape index (κ3) is 5.00. The molecular weight excluding hydrogens is 386 g/mol. The molecule has 1 fully saturated rings. The van der Waals surface area contributed by atoms with Crippen molar-refractivity contribution in [1.29, 1.82) is 0 Å². The van der Waals surface area contributed by atoms with Gasteiger partial charge < -0.3 is 10.2 Å². The average Bonchev–Trinajstić information content (AvgIpc) is 3.33. The maximum atomic E-state index is 13.1. The van der Waals surface area contributed by atoms with Crippen LogP contribution in [0.25, 0.3) is 11.1 Å². The highest BCUT2D eigenvalue weighted by molar-refractivity contribution is 6.01.